The van der Waals surface area contributed by atoms with Crippen LogP contribution in [0.1, 0.15) is 120 Å². The van der Waals surface area contributed by atoms with Gasteiger partial charge in [-0.3, -0.25) is 0 Å². The van der Waals surface area contributed by atoms with Crippen LogP contribution in [0, 0.1) is 68.0 Å². The van der Waals surface area contributed by atoms with Gasteiger partial charge in [-0.1, -0.05) is 60.1 Å². The lowest BCUT2D eigenvalue weighted by Crippen LogP contribution is -2.66. The molecule has 0 heterocycles. The predicted octanol–water partition coefficient (Wildman–Crippen LogP) is 8.24. The molecule has 8 unspecified atom stereocenters. The zero-order valence-electron chi connectivity index (χ0n) is 23.5. The summed E-state index contributed by atoms with van der Waals surface area (Å²) >= 11 is 0. The number of aliphatic hydroxyl groups excluding tert-OH is 1. The van der Waals surface area contributed by atoms with Gasteiger partial charge in [0.05, 0.1) is 6.04 Å². The molecule has 0 amide bonds. The molecular formula is C31H53NO2. The second kappa shape index (κ2) is 9.53. The van der Waals surface area contributed by atoms with Crippen LogP contribution in [0.5, 0.6) is 0 Å². The zero-order chi connectivity index (χ0) is 25.6. The Labute approximate surface area is 210 Å². The van der Waals surface area contributed by atoms with E-state index in [0.29, 0.717) is 34.7 Å². The number of nitroso groups, excluding NO2 is 1. The first-order valence-corrected chi connectivity index (χ1v) is 14.2. The van der Waals surface area contributed by atoms with Gasteiger partial charge in [0, 0.05) is 6.61 Å². The van der Waals surface area contributed by atoms with Gasteiger partial charge in [0.25, 0.3) is 0 Å². The number of aliphatic hydroxyl groups is 1. The lowest BCUT2D eigenvalue weighted by atomic mass is 9.32. The molecule has 4 aliphatic carbocycles. The minimum atomic E-state index is -0.0178. The largest absolute Gasteiger partial charge is 0.396 e. The Morgan fingerprint density at radius 1 is 0.912 bits per heavy atom. The van der Waals surface area contributed by atoms with Crippen LogP contribution in [0.4, 0.5) is 0 Å². The first-order valence-electron chi connectivity index (χ1n) is 14.2. The van der Waals surface area contributed by atoms with Crippen molar-refractivity contribution in [2.75, 3.05) is 6.61 Å². The van der Waals surface area contributed by atoms with Crippen molar-refractivity contribution in [1.29, 1.82) is 0 Å². The highest BCUT2D eigenvalue weighted by molar-refractivity contribution is 5.18. The van der Waals surface area contributed by atoms with Crippen LogP contribution in [0.2, 0.25) is 0 Å². The molecule has 194 valence electrons. The van der Waals surface area contributed by atoms with Crippen LogP contribution in [-0.4, -0.2) is 17.8 Å². The molecule has 4 saturated carbocycles. The Morgan fingerprint density at radius 2 is 1.56 bits per heavy atom. The van der Waals surface area contributed by atoms with Gasteiger partial charge in [-0.15, -0.1) is 12.3 Å². The molecule has 0 aromatic heterocycles. The SMILES string of the molecule is C#CC.CCCC1C2CCC3C4(C)CCC(N=O)C(C)(C)C4CCC3(C)[C@]2(C)CCC1(C)CO. The maximum Gasteiger partial charge on any atom is 0.0973 e. The normalized spacial score (nSPS) is 49.2. The standard InChI is InChI=1S/C28H49NO2.C3H4/c1-8-9-19-20-10-11-22-26(5)14-13-23(29-31)24(2,3)21(26)12-15-28(22,7)27(20,6)17-16-25(19,4)18-30;1-3-2/h19-23,30H,8-18H2,1-7H3;1H,2H3/t19?,20?,21?,22?,23?,25?,26?,27-,28?;/m1./s1. The van der Waals surface area contributed by atoms with Crippen LogP contribution >= 0.6 is 0 Å². The minimum Gasteiger partial charge on any atom is -0.396 e. The molecule has 3 nitrogen and oxygen atoms in total. The maximum absolute atomic E-state index is 11.7. The second-order valence-electron chi connectivity index (χ2n) is 14.1. The summed E-state index contributed by atoms with van der Waals surface area (Å²) in [6.07, 6.45) is 16.9. The fraction of sp³-hybridized carbons (Fsp3) is 0.935. The predicted molar refractivity (Wildman–Crippen MR) is 143 cm³/mol. The van der Waals surface area contributed by atoms with E-state index in [1.54, 1.807) is 6.92 Å². The monoisotopic (exact) mass is 471 g/mol. The van der Waals surface area contributed by atoms with Gasteiger partial charge >= 0.3 is 0 Å². The Balaban J connectivity index is 0.00000103. The van der Waals surface area contributed by atoms with E-state index in [4.69, 9.17) is 0 Å². The Bertz CT molecular complexity index is 785. The highest BCUT2D eigenvalue weighted by Crippen LogP contribution is 2.75. The van der Waals surface area contributed by atoms with Crippen LogP contribution in [0.15, 0.2) is 5.18 Å². The van der Waals surface area contributed by atoms with Gasteiger partial charge in [0.15, 0.2) is 0 Å². The van der Waals surface area contributed by atoms with Crippen molar-refractivity contribution in [2.24, 2.45) is 55.9 Å². The zero-order valence-corrected chi connectivity index (χ0v) is 23.5. The quantitative estimate of drug-likeness (QED) is 0.331. The minimum absolute atomic E-state index is 0.0145. The average molecular weight is 472 g/mol. The van der Waals surface area contributed by atoms with E-state index < -0.39 is 0 Å². The molecule has 4 fully saturated rings. The van der Waals surface area contributed by atoms with Gasteiger partial charge in [-0.25, -0.2) is 0 Å². The molecular weight excluding hydrogens is 418 g/mol. The van der Waals surface area contributed by atoms with Crippen molar-refractivity contribution in [3.05, 3.63) is 4.91 Å². The van der Waals surface area contributed by atoms with Crippen LogP contribution in [0.25, 0.3) is 0 Å². The Hall–Kier alpha value is -0.880. The number of nitrogens with zero attached hydrogens (tertiary/aromatic N) is 1. The van der Waals surface area contributed by atoms with E-state index >= 15 is 0 Å². The summed E-state index contributed by atoms with van der Waals surface area (Å²) in [7, 11) is 0. The summed E-state index contributed by atoms with van der Waals surface area (Å²) in [6, 6.07) is -0.0178. The lowest BCUT2D eigenvalue weighted by Gasteiger charge is -2.72. The molecule has 4 rings (SSSR count). The van der Waals surface area contributed by atoms with Crippen molar-refractivity contribution in [1.82, 2.24) is 0 Å². The summed E-state index contributed by atoms with van der Waals surface area (Å²) in [5, 5.41) is 14.0. The van der Waals surface area contributed by atoms with Gasteiger partial charge in [-0.05, 0) is 115 Å². The fourth-order valence-electron chi connectivity index (χ4n) is 10.5. The van der Waals surface area contributed by atoms with E-state index in [1.807, 2.05) is 0 Å². The van der Waals surface area contributed by atoms with E-state index in [0.717, 1.165) is 18.3 Å². The van der Waals surface area contributed by atoms with Crippen molar-refractivity contribution in [3.8, 4) is 12.3 Å². The summed E-state index contributed by atoms with van der Waals surface area (Å²) in [6.45, 7) is 19.3. The van der Waals surface area contributed by atoms with Crippen molar-refractivity contribution in [2.45, 2.75) is 126 Å². The molecule has 0 aromatic carbocycles. The number of terminal acetylenes is 1. The van der Waals surface area contributed by atoms with E-state index in [1.165, 1.54) is 57.8 Å². The van der Waals surface area contributed by atoms with E-state index in [-0.39, 0.29) is 16.9 Å². The third-order valence-corrected chi connectivity index (χ3v) is 12.6. The Morgan fingerprint density at radius 3 is 2.12 bits per heavy atom. The fourth-order valence-corrected chi connectivity index (χ4v) is 10.5. The maximum atomic E-state index is 11.7. The van der Waals surface area contributed by atoms with Gasteiger partial charge in [0.1, 0.15) is 0 Å². The first-order chi connectivity index (χ1) is 15.9. The lowest BCUT2D eigenvalue weighted by molar-refractivity contribution is -0.240. The van der Waals surface area contributed by atoms with Crippen molar-refractivity contribution in [3.63, 3.8) is 0 Å². The molecule has 4 aliphatic rings. The number of fused-ring (bicyclic) bond motifs is 5. The second-order valence-corrected chi connectivity index (χ2v) is 14.1. The summed E-state index contributed by atoms with van der Waals surface area (Å²) in [5.41, 5.74) is 1.16. The third kappa shape index (κ3) is 3.81. The topological polar surface area (TPSA) is 49.7 Å². The van der Waals surface area contributed by atoms with Crippen molar-refractivity contribution >= 4 is 0 Å². The molecule has 0 radical (unpaired) electrons. The Kier molecular flexibility index (Phi) is 7.77. The smallest absolute Gasteiger partial charge is 0.0973 e. The van der Waals surface area contributed by atoms with Crippen molar-refractivity contribution < 1.29 is 5.11 Å². The molecule has 34 heavy (non-hydrogen) atoms. The number of hydrogen-bond acceptors (Lipinski definition) is 3. The van der Waals surface area contributed by atoms with Crippen LogP contribution < -0.4 is 0 Å². The molecule has 0 bridgehead atoms. The summed E-state index contributed by atoms with van der Waals surface area (Å²) < 4.78 is 0. The third-order valence-electron chi connectivity index (χ3n) is 12.6. The summed E-state index contributed by atoms with van der Waals surface area (Å²) in [5.74, 6) is 4.98. The van der Waals surface area contributed by atoms with Crippen LogP contribution in [-0.2, 0) is 0 Å². The number of rotatable bonds is 4. The molecule has 0 aliphatic heterocycles. The molecule has 0 spiro atoms. The molecule has 9 atom stereocenters. The van der Waals surface area contributed by atoms with Gasteiger partial charge in [0.2, 0.25) is 0 Å². The number of hydrogen-bond donors (Lipinski definition) is 1. The summed E-state index contributed by atoms with van der Waals surface area (Å²) in [4.78, 5) is 11.7. The molecule has 3 heteroatoms. The highest BCUT2D eigenvalue weighted by atomic mass is 16.3. The highest BCUT2D eigenvalue weighted by Gasteiger charge is 2.69. The first kappa shape index (κ1) is 27.7. The van der Waals surface area contributed by atoms with Gasteiger partial charge < -0.3 is 5.11 Å². The van der Waals surface area contributed by atoms with E-state index in [2.05, 4.69) is 66.0 Å². The van der Waals surface area contributed by atoms with Crippen LogP contribution in [0.3, 0.4) is 0 Å². The molecule has 1 N–H and O–H groups in total. The molecule has 0 saturated heterocycles. The molecule has 0 aromatic rings. The van der Waals surface area contributed by atoms with Gasteiger partial charge in [-0.2, -0.15) is 4.91 Å². The van der Waals surface area contributed by atoms with E-state index in [9.17, 15) is 10.0 Å². The average Bonchev–Trinajstić information content (AvgIpc) is 2.77.